The molecule has 0 unspecified atom stereocenters. The van der Waals surface area contributed by atoms with Gasteiger partial charge < -0.3 is 9.05 Å². The van der Waals surface area contributed by atoms with Gasteiger partial charge in [0, 0.05) is 6.21 Å². The third kappa shape index (κ3) is 5.77. The minimum Gasteiger partial charge on any atom is -0.304 e. The lowest BCUT2D eigenvalue weighted by Gasteiger charge is -2.17. The van der Waals surface area contributed by atoms with Gasteiger partial charge in [-0.25, -0.2) is 4.99 Å². The second-order valence-electron chi connectivity index (χ2n) is 5.92. The van der Waals surface area contributed by atoms with E-state index in [2.05, 4.69) is 4.99 Å². The molecule has 4 nitrogen and oxygen atoms in total. The average Bonchev–Trinajstić information content (AvgIpc) is 2.62. The summed E-state index contributed by atoms with van der Waals surface area (Å²) < 4.78 is 24.2. The summed E-state index contributed by atoms with van der Waals surface area (Å²) in [6.45, 7) is 8.19. The zero-order valence-corrected chi connectivity index (χ0v) is 16.7. The summed E-state index contributed by atoms with van der Waals surface area (Å²) in [6, 6.07) is 15.9. The Morgan fingerprint density at radius 1 is 0.885 bits per heavy atom. The summed E-state index contributed by atoms with van der Waals surface area (Å²) in [5.74, 6) is 0. The number of aryl methyl sites for hydroxylation is 2. The van der Waals surface area contributed by atoms with E-state index >= 15 is 0 Å². The lowest BCUT2D eigenvalue weighted by Crippen LogP contribution is -1.98. The molecule has 0 aliphatic carbocycles. The van der Waals surface area contributed by atoms with E-state index in [-0.39, 0.29) is 13.2 Å². The summed E-state index contributed by atoms with van der Waals surface area (Å²) >= 11 is 0. The van der Waals surface area contributed by atoms with Crippen molar-refractivity contribution in [2.75, 3.05) is 13.2 Å². The largest absolute Gasteiger partial charge is 0.379 e. The molecule has 2 aromatic carbocycles. The molecule has 0 amide bonds. The van der Waals surface area contributed by atoms with Gasteiger partial charge in [-0.15, -0.1) is 0 Å². The van der Waals surface area contributed by atoms with Crippen LogP contribution in [0.25, 0.3) is 6.08 Å². The average molecular weight is 371 g/mol. The molecule has 138 valence electrons. The Morgan fingerprint density at radius 2 is 1.35 bits per heavy atom. The van der Waals surface area contributed by atoms with Crippen LogP contribution in [-0.2, 0) is 13.6 Å². The maximum atomic E-state index is 13.2. The minimum absolute atomic E-state index is 0.280. The molecular formula is C21H26NO3P. The van der Waals surface area contributed by atoms with Crippen LogP contribution in [0.1, 0.15) is 36.1 Å². The Hall–Kier alpha value is -2.00. The molecule has 0 N–H and O–H groups in total. The maximum Gasteiger partial charge on any atom is 0.379 e. The SMILES string of the molecule is CCOP(=O)(OCC)C(=C\c1ccc(C)cc1)/N=C/c1ccc(C)cc1. The molecule has 0 bridgehead atoms. The van der Waals surface area contributed by atoms with E-state index in [1.165, 1.54) is 5.56 Å². The molecule has 2 rings (SSSR count). The third-order valence-corrected chi connectivity index (χ3v) is 5.68. The fraction of sp³-hybridized carbons (Fsp3) is 0.286. The van der Waals surface area contributed by atoms with Crippen LogP contribution in [-0.4, -0.2) is 19.4 Å². The fourth-order valence-corrected chi connectivity index (χ4v) is 3.83. The first-order valence-corrected chi connectivity index (χ1v) is 10.3. The summed E-state index contributed by atoms with van der Waals surface area (Å²) in [7, 11) is -3.49. The van der Waals surface area contributed by atoms with Crippen LogP contribution in [0.5, 0.6) is 0 Å². The predicted molar refractivity (Wildman–Crippen MR) is 109 cm³/mol. The standard InChI is InChI=1S/C21H26NO3P/c1-5-24-26(23,25-6-2)21(15-19-11-7-17(3)8-12-19)22-16-20-13-9-18(4)10-14-20/h7-16H,5-6H2,1-4H3/b21-15-,22-16+. The Balaban J connectivity index is 2.44. The van der Waals surface area contributed by atoms with Crippen molar-refractivity contribution in [2.24, 2.45) is 4.99 Å². The summed E-state index contributed by atoms with van der Waals surface area (Å²) in [6.07, 6.45) is 3.44. The van der Waals surface area contributed by atoms with Crippen molar-refractivity contribution < 1.29 is 13.6 Å². The molecular weight excluding hydrogens is 345 g/mol. The van der Waals surface area contributed by atoms with Gasteiger partial charge in [0.2, 0.25) is 0 Å². The van der Waals surface area contributed by atoms with E-state index in [0.717, 1.165) is 16.7 Å². The number of benzene rings is 2. The van der Waals surface area contributed by atoms with Crippen LogP contribution in [0.4, 0.5) is 0 Å². The van der Waals surface area contributed by atoms with Gasteiger partial charge in [-0.05, 0) is 44.9 Å². The first kappa shape index (κ1) is 20.3. The van der Waals surface area contributed by atoms with Crippen LogP contribution >= 0.6 is 7.60 Å². The summed E-state index contributed by atoms with van der Waals surface area (Å²) in [4.78, 5) is 4.47. The lowest BCUT2D eigenvalue weighted by atomic mass is 10.1. The van der Waals surface area contributed by atoms with E-state index in [9.17, 15) is 4.57 Å². The van der Waals surface area contributed by atoms with Gasteiger partial charge in [0.25, 0.3) is 0 Å². The molecule has 0 saturated heterocycles. The van der Waals surface area contributed by atoms with Crippen LogP contribution in [0.3, 0.4) is 0 Å². The van der Waals surface area contributed by atoms with Crippen molar-refractivity contribution in [1.82, 2.24) is 0 Å². The topological polar surface area (TPSA) is 47.9 Å². The molecule has 0 atom stereocenters. The summed E-state index contributed by atoms with van der Waals surface area (Å²) in [5, 5.41) is 0. The second kappa shape index (κ2) is 9.63. The van der Waals surface area contributed by atoms with Crippen molar-refractivity contribution in [3.05, 3.63) is 76.2 Å². The molecule has 5 heteroatoms. The molecule has 0 aromatic heterocycles. The van der Waals surface area contributed by atoms with Crippen molar-refractivity contribution in [1.29, 1.82) is 0 Å². The van der Waals surface area contributed by atoms with Gasteiger partial charge in [0.15, 0.2) is 5.44 Å². The molecule has 0 heterocycles. The normalized spacial score (nSPS) is 12.7. The predicted octanol–water partition coefficient (Wildman–Crippen LogP) is 5.99. The van der Waals surface area contributed by atoms with Crippen LogP contribution in [0.2, 0.25) is 0 Å². The zero-order valence-electron chi connectivity index (χ0n) is 15.8. The lowest BCUT2D eigenvalue weighted by molar-refractivity contribution is 0.226. The fourth-order valence-electron chi connectivity index (χ4n) is 2.30. The highest BCUT2D eigenvalue weighted by Crippen LogP contribution is 2.57. The third-order valence-electron chi connectivity index (χ3n) is 3.68. The van der Waals surface area contributed by atoms with Crippen LogP contribution < -0.4 is 0 Å². The molecule has 26 heavy (non-hydrogen) atoms. The van der Waals surface area contributed by atoms with E-state index in [1.807, 2.05) is 62.4 Å². The van der Waals surface area contributed by atoms with E-state index in [1.54, 1.807) is 26.1 Å². The monoisotopic (exact) mass is 371 g/mol. The van der Waals surface area contributed by atoms with Gasteiger partial charge in [-0.3, -0.25) is 4.57 Å². The van der Waals surface area contributed by atoms with E-state index in [0.29, 0.717) is 5.44 Å². The van der Waals surface area contributed by atoms with Crippen molar-refractivity contribution in [3.8, 4) is 0 Å². The van der Waals surface area contributed by atoms with E-state index < -0.39 is 7.60 Å². The Bertz CT molecular complexity index is 798. The highest BCUT2D eigenvalue weighted by atomic mass is 31.2. The molecule has 0 fully saturated rings. The number of nitrogens with zero attached hydrogens (tertiary/aromatic N) is 1. The molecule has 0 saturated carbocycles. The second-order valence-corrected chi connectivity index (χ2v) is 7.88. The molecule has 0 aliphatic rings. The number of rotatable bonds is 8. The highest BCUT2D eigenvalue weighted by Gasteiger charge is 2.29. The van der Waals surface area contributed by atoms with Crippen molar-refractivity contribution in [2.45, 2.75) is 27.7 Å². The number of hydrogen-bond acceptors (Lipinski definition) is 4. The van der Waals surface area contributed by atoms with Gasteiger partial charge in [0.05, 0.1) is 13.2 Å². The van der Waals surface area contributed by atoms with Crippen molar-refractivity contribution >= 4 is 19.9 Å². The Labute approximate surface area is 156 Å². The molecule has 0 radical (unpaired) electrons. The molecule has 0 spiro atoms. The number of aliphatic imine (C=N–C) groups is 1. The Morgan fingerprint density at radius 3 is 1.81 bits per heavy atom. The quantitative estimate of drug-likeness (QED) is 0.423. The van der Waals surface area contributed by atoms with Gasteiger partial charge >= 0.3 is 7.60 Å². The summed E-state index contributed by atoms with van der Waals surface area (Å²) in [5.41, 5.74) is 4.44. The zero-order chi connectivity index (χ0) is 19.0. The van der Waals surface area contributed by atoms with Gasteiger partial charge in [0.1, 0.15) is 0 Å². The first-order valence-electron chi connectivity index (χ1n) is 8.75. The van der Waals surface area contributed by atoms with Gasteiger partial charge in [-0.2, -0.15) is 0 Å². The van der Waals surface area contributed by atoms with E-state index in [4.69, 9.17) is 9.05 Å². The highest BCUT2D eigenvalue weighted by molar-refractivity contribution is 7.58. The Kier molecular flexibility index (Phi) is 7.52. The first-order chi connectivity index (χ1) is 12.5. The van der Waals surface area contributed by atoms with Crippen LogP contribution in [0.15, 0.2) is 59.0 Å². The number of hydrogen-bond donors (Lipinski definition) is 0. The van der Waals surface area contributed by atoms with Crippen LogP contribution in [0, 0.1) is 13.8 Å². The van der Waals surface area contributed by atoms with Gasteiger partial charge in [-0.1, -0.05) is 59.7 Å². The minimum atomic E-state index is -3.49. The molecule has 2 aromatic rings. The molecule has 0 aliphatic heterocycles. The smallest absolute Gasteiger partial charge is 0.304 e. The van der Waals surface area contributed by atoms with Crippen molar-refractivity contribution in [3.63, 3.8) is 0 Å². The maximum absolute atomic E-state index is 13.2.